The molecule has 18 heavy (non-hydrogen) atoms. The van der Waals surface area contributed by atoms with Crippen molar-refractivity contribution in [2.75, 3.05) is 6.54 Å². The van der Waals surface area contributed by atoms with Crippen LogP contribution in [0.2, 0.25) is 0 Å². The molecule has 104 valence electrons. The molecule has 2 N–H and O–H groups in total. The standard InChI is InChI=1S/C15H28N2O/c1-3-15(16,4-2)14(18)17-11-7-10-13(17)12-8-5-6-9-12/h12-13H,3-11,16H2,1-2H3. The first kappa shape index (κ1) is 13.9. The molecule has 3 nitrogen and oxygen atoms in total. The van der Waals surface area contributed by atoms with Gasteiger partial charge in [-0.3, -0.25) is 4.79 Å². The van der Waals surface area contributed by atoms with Gasteiger partial charge in [-0.2, -0.15) is 0 Å². The van der Waals surface area contributed by atoms with Gasteiger partial charge in [-0.25, -0.2) is 0 Å². The molecule has 2 fully saturated rings. The van der Waals surface area contributed by atoms with E-state index in [2.05, 4.69) is 4.90 Å². The minimum absolute atomic E-state index is 0.210. The summed E-state index contributed by atoms with van der Waals surface area (Å²) < 4.78 is 0. The smallest absolute Gasteiger partial charge is 0.242 e. The monoisotopic (exact) mass is 252 g/mol. The molecule has 3 heteroatoms. The van der Waals surface area contributed by atoms with E-state index in [9.17, 15) is 4.79 Å². The molecule has 0 aromatic rings. The van der Waals surface area contributed by atoms with E-state index < -0.39 is 5.54 Å². The zero-order valence-corrected chi connectivity index (χ0v) is 12.0. The Bertz CT molecular complexity index is 293. The quantitative estimate of drug-likeness (QED) is 0.836. The molecule has 1 aliphatic carbocycles. The van der Waals surface area contributed by atoms with Crippen LogP contribution in [0.4, 0.5) is 0 Å². The molecule has 0 aromatic carbocycles. The Hall–Kier alpha value is -0.570. The van der Waals surface area contributed by atoms with Gasteiger partial charge in [-0.1, -0.05) is 26.7 Å². The van der Waals surface area contributed by atoms with Crippen molar-refractivity contribution in [1.82, 2.24) is 4.90 Å². The highest BCUT2D eigenvalue weighted by Gasteiger charge is 2.42. The maximum atomic E-state index is 12.7. The normalized spacial score (nSPS) is 25.9. The fourth-order valence-corrected chi connectivity index (χ4v) is 3.72. The van der Waals surface area contributed by atoms with E-state index in [0.717, 1.165) is 31.7 Å². The third-order valence-electron chi connectivity index (χ3n) is 5.19. The third kappa shape index (κ3) is 2.42. The molecule has 0 spiro atoms. The topological polar surface area (TPSA) is 46.3 Å². The number of hydrogen-bond donors (Lipinski definition) is 1. The molecule has 1 aliphatic heterocycles. The molecular weight excluding hydrogens is 224 g/mol. The zero-order valence-electron chi connectivity index (χ0n) is 12.0. The summed E-state index contributed by atoms with van der Waals surface area (Å²) in [6.45, 7) is 4.99. The van der Waals surface area contributed by atoms with Crippen LogP contribution in [0, 0.1) is 5.92 Å². The Morgan fingerprint density at radius 1 is 1.17 bits per heavy atom. The first-order valence-corrected chi connectivity index (χ1v) is 7.72. The summed E-state index contributed by atoms with van der Waals surface area (Å²) in [6.07, 6.45) is 9.16. The van der Waals surface area contributed by atoms with Gasteiger partial charge in [0, 0.05) is 12.6 Å². The van der Waals surface area contributed by atoms with Crippen molar-refractivity contribution in [1.29, 1.82) is 0 Å². The molecule has 1 heterocycles. The second-order valence-corrected chi connectivity index (χ2v) is 6.12. The van der Waals surface area contributed by atoms with Gasteiger partial charge >= 0.3 is 0 Å². The molecule has 0 radical (unpaired) electrons. The lowest BCUT2D eigenvalue weighted by molar-refractivity contribution is -0.139. The van der Waals surface area contributed by atoms with Crippen molar-refractivity contribution in [2.24, 2.45) is 11.7 Å². The largest absolute Gasteiger partial charge is 0.338 e. The van der Waals surface area contributed by atoms with E-state index in [1.54, 1.807) is 0 Å². The molecule has 1 amide bonds. The highest BCUT2D eigenvalue weighted by Crippen LogP contribution is 2.36. The number of carbonyl (C=O) groups is 1. The van der Waals surface area contributed by atoms with Crippen molar-refractivity contribution >= 4 is 5.91 Å². The average molecular weight is 252 g/mol. The number of nitrogens with zero attached hydrogens (tertiary/aromatic N) is 1. The van der Waals surface area contributed by atoms with Crippen molar-refractivity contribution in [3.8, 4) is 0 Å². The van der Waals surface area contributed by atoms with Crippen LogP contribution in [-0.4, -0.2) is 28.9 Å². The molecular formula is C15H28N2O. The fraction of sp³-hybridized carbons (Fsp3) is 0.933. The fourth-order valence-electron chi connectivity index (χ4n) is 3.72. The lowest BCUT2D eigenvalue weighted by Crippen LogP contribution is -2.56. The summed E-state index contributed by atoms with van der Waals surface area (Å²) in [5.74, 6) is 0.955. The Morgan fingerprint density at radius 3 is 2.33 bits per heavy atom. The van der Waals surface area contributed by atoms with E-state index in [4.69, 9.17) is 5.73 Å². The molecule has 1 saturated heterocycles. The summed E-state index contributed by atoms with van der Waals surface area (Å²) in [6, 6.07) is 0.487. The zero-order chi connectivity index (χ0) is 13.2. The van der Waals surface area contributed by atoms with E-state index in [1.807, 2.05) is 13.8 Å². The van der Waals surface area contributed by atoms with Crippen LogP contribution in [0.15, 0.2) is 0 Å². The molecule has 1 atom stereocenters. The lowest BCUT2D eigenvalue weighted by Gasteiger charge is -2.36. The molecule has 0 aromatic heterocycles. The molecule has 1 unspecified atom stereocenters. The Labute approximate surface area is 111 Å². The molecule has 2 rings (SSSR count). The van der Waals surface area contributed by atoms with Crippen molar-refractivity contribution in [2.45, 2.75) is 76.8 Å². The minimum Gasteiger partial charge on any atom is -0.338 e. The van der Waals surface area contributed by atoms with Crippen LogP contribution >= 0.6 is 0 Å². The Kier molecular flexibility index (Phi) is 4.31. The average Bonchev–Trinajstić information content (AvgIpc) is 3.06. The lowest BCUT2D eigenvalue weighted by atomic mass is 9.90. The summed E-state index contributed by atoms with van der Waals surface area (Å²) >= 11 is 0. The van der Waals surface area contributed by atoms with Crippen LogP contribution < -0.4 is 5.73 Å². The van der Waals surface area contributed by atoms with Gasteiger partial charge < -0.3 is 10.6 Å². The van der Waals surface area contributed by atoms with E-state index >= 15 is 0 Å². The predicted molar refractivity (Wildman–Crippen MR) is 74.2 cm³/mol. The second-order valence-electron chi connectivity index (χ2n) is 6.12. The SMILES string of the molecule is CCC(N)(CC)C(=O)N1CCCC1C1CCCC1. The van der Waals surface area contributed by atoms with Gasteiger partial charge in [0.1, 0.15) is 0 Å². The Balaban J connectivity index is 2.08. The first-order chi connectivity index (χ1) is 8.62. The number of likely N-dealkylation sites (tertiary alicyclic amines) is 1. The minimum atomic E-state index is -0.624. The molecule has 1 saturated carbocycles. The number of carbonyl (C=O) groups excluding carboxylic acids is 1. The highest BCUT2D eigenvalue weighted by atomic mass is 16.2. The Morgan fingerprint density at radius 2 is 1.78 bits per heavy atom. The molecule has 2 aliphatic rings. The molecule has 0 bridgehead atoms. The van der Waals surface area contributed by atoms with Crippen LogP contribution in [0.3, 0.4) is 0 Å². The summed E-state index contributed by atoms with van der Waals surface area (Å²) in [7, 11) is 0. The van der Waals surface area contributed by atoms with Crippen LogP contribution in [0.1, 0.15) is 65.2 Å². The number of rotatable bonds is 4. The van der Waals surface area contributed by atoms with Gasteiger partial charge in [-0.15, -0.1) is 0 Å². The number of hydrogen-bond acceptors (Lipinski definition) is 2. The predicted octanol–water partition coefficient (Wildman–Crippen LogP) is 2.69. The summed E-state index contributed by atoms with van der Waals surface area (Å²) in [5, 5.41) is 0. The van der Waals surface area contributed by atoms with E-state index in [-0.39, 0.29) is 5.91 Å². The van der Waals surface area contributed by atoms with E-state index in [1.165, 1.54) is 32.1 Å². The summed E-state index contributed by atoms with van der Waals surface area (Å²) in [5.41, 5.74) is 5.67. The maximum absolute atomic E-state index is 12.7. The van der Waals surface area contributed by atoms with Crippen LogP contribution in [-0.2, 0) is 4.79 Å². The van der Waals surface area contributed by atoms with Gasteiger partial charge in [-0.05, 0) is 44.4 Å². The van der Waals surface area contributed by atoms with Gasteiger partial charge in [0.25, 0.3) is 0 Å². The van der Waals surface area contributed by atoms with Gasteiger partial charge in [0.15, 0.2) is 0 Å². The van der Waals surface area contributed by atoms with Gasteiger partial charge in [0.05, 0.1) is 5.54 Å². The maximum Gasteiger partial charge on any atom is 0.242 e. The van der Waals surface area contributed by atoms with Gasteiger partial charge in [0.2, 0.25) is 5.91 Å². The highest BCUT2D eigenvalue weighted by molar-refractivity contribution is 5.86. The van der Waals surface area contributed by atoms with Crippen LogP contribution in [0.5, 0.6) is 0 Å². The van der Waals surface area contributed by atoms with Crippen molar-refractivity contribution < 1.29 is 4.79 Å². The summed E-state index contributed by atoms with van der Waals surface area (Å²) in [4.78, 5) is 14.8. The van der Waals surface area contributed by atoms with Crippen LogP contribution in [0.25, 0.3) is 0 Å². The number of nitrogens with two attached hydrogens (primary N) is 1. The first-order valence-electron chi connectivity index (χ1n) is 7.72. The van der Waals surface area contributed by atoms with E-state index in [0.29, 0.717) is 6.04 Å². The van der Waals surface area contributed by atoms with Crippen molar-refractivity contribution in [3.05, 3.63) is 0 Å². The van der Waals surface area contributed by atoms with Crippen molar-refractivity contribution in [3.63, 3.8) is 0 Å². The number of amides is 1. The third-order valence-corrected chi connectivity index (χ3v) is 5.19. The second kappa shape index (κ2) is 5.60.